The van der Waals surface area contributed by atoms with Gasteiger partial charge in [-0.3, -0.25) is 0 Å². The molecule has 0 aliphatic heterocycles. The summed E-state index contributed by atoms with van der Waals surface area (Å²) in [6, 6.07) is 8.11. The average Bonchev–Trinajstić information content (AvgIpc) is 2.94. The van der Waals surface area contributed by atoms with Crippen molar-refractivity contribution >= 4 is 0 Å². The molecule has 1 saturated carbocycles. The Morgan fingerprint density at radius 2 is 2.00 bits per heavy atom. The van der Waals surface area contributed by atoms with Gasteiger partial charge in [-0.05, 0) is 29.5 Å². The van der Waals surface area contributed by atoms with E-state index in [0.717, 1.165) is 11.3 Å². The van der Waals surface area contributed by atoms with Gasteiger partial charge in [0.25, 0.3) is 0 Å². The standard InChI is InChI=1S/C14H21NO2/c1-14(2)8-13(14)15-9-12(16)10-4-6-11(17-3)7-5-10/h4-7,12-13,15-16H,8-9H2,1-3H3. The Hall–Kier alpha value is -1.06. The van der Waals surface area contributed by atoms with Crippen molar-refractivity contribution in [3.05, 3.63) is 29.8 Å². The van der Waals surface area contributed by atoms with Crippen LogP contribution < -0.4 is 10.1 Å². The molecule has 0 saturated heterocycles. The molecule has 17 heavy (non-hydrogen) atoms. The van der Waals surface area contributed by atoms with Gasteiger partial charge < -0.3 is 15.2 Å². The zero-order valence-electron chi connectivity index (χ0n) is 10.7. The summed E-state index contributed by atoms with van der Waals surface area (Å²) >= 11 is 0. The van der Waals surface area contributed by atoms with Crippen molar-refractivity contribution in [2.75, 3.05) is 13.7 Å². The van der Waals surface area contributed by atoms with E-state index in [4.69, 9.17) is 4.74 Å². The molecule has 0 bridgehead atoms. The van der Waals surface area contributed by atoms with Gasteiger partial charge in [0.05, 0.1) is 13.2 Å². The number of hydrogen-bond acceptors (Lipinski definition) is 3. The molecule has 2 N–H and O–H groups in total. The molecule has 2 unspecified atom stereocenters. The number of ether oxygens (including phenoxy) is 1. The van der Waals surface area contributed by atoms with Gasteiger partial charge in [-0.1, -0.05) is 26.0 Å². The lowest BCUT2D eigenvalue weighted by atomic mass is 10.1. The minimum atomic E-state index is -0.447. The van der Waals surface area contributed by atoms with Gasteiger partial charge in [0.15, 0.2) is 0 Å². The average molecular weight is 235 g/mol. The van der Waals surface area contributed by atoms with Crippen LogP contribution in [-0.4, -0.2) is 24.8 Å². The molecule has 3 heteroatoms. The van der Waals surface area contributed by atoms with Gasteiger partial charge in [0.2, 0.25) is 0 Å². The van der Waals surface area contributed by atoms with Crippen molar-refractivity contribution in [1.82, 2.24) is 5.32 Å². The molecule has 0 amide bonds. The molecule has 3 nitrogen and oxygen atoms in total. The maximum absolute atomic E-state index is 10.0. The van der Waals surface area contributed by atoms with Crippen LogP contribution in [0.5, 0.6) is 5.75 Å². The van der Waals surface area contributed by atoms with E-state index in [2.05, 4.69) is 19.2 Å². The Morgan fingerprint density at radius 3 is 2.47 bits per heavy atom. The van der Waals surface area contributed by atoms with Crippen LogP contribution in [0.25, 0.3) is 0 Å². The summed E-state index contributed by atoms with van der Waals surface area (Å²) in [7, 11) is 1.64. The third-order valence-corrected chi connectivity index (χ3v) is 3.57. The highest BCUT2D eigenvalue weighted by atomic mass is 16.5. The lowest BCUT2D eigenvalue weighted by Gasteiger charge is -2.13. The molecule has 0 spiro atoms. The second kappa shape index (κ2) is 4.67. The van der Waals surface area contributed by atoms with Crippen LogP contribution in [0.1, 0.15) is 31.9 Å². The lowest BCUT2D eigenvalue weighted by Crippen LogP contribution is -2.26. The van der Waals surface area contributed by atoms with Crippen LogP contribution in [0.15, 0.2) is 24.3 Å². The maximum Gasteiger partial charge on any atom is 0.118 e. The van der Waals surface area contributed by atoms with Gasteiger partial charge >= 0.3 is 0 Å². The Kier molecular flexibility index (Phi) is 3.40. The molecule has 1 aromatic carbocycles. The molecule has 1 aliphatic rings. The van der Waals surface area contributed by atoms with Crippen molar-refractivity contribution in [3.8, 4) is 5.75 Å². The minimum absolute atomic E-state index is 0.402. The highest BCUT2D eigenvalue weighted by Crippen LogP contribution is 2.44. The Labute approximate surface area is 103 Å². The number of aliphatic hydroxyl groups excluding tert-OH is 1. The largest absolute Gasteiger partial charge is 0.497 e. The van der Waals surface area contributed by atoms with E-state index in [9.17, 15) is 5.11 Å². The van der Waals surface area contributed by atoms with Crippen LogP contribution >= 0.6 is 0 Å². The van der Waals surface area contributed by atoms with Crippen molar-refractivity contribution in [3.63, 3.8) is 0 Å². The summed E-state index contributed by atoms with van der Waals surface area (Å²) in [6.07, 6.45) is 0.750. The smallest absolute Gasteiger partial charge is 0.118 e. The third kappa shape index (κ3) is 2.99. The van der Waals surface area contributed by atoms with Crippen LogP contribution in [0.2, 0.25) is 0 Å². The van der Waals surface area contributed by atoms with Crippen LogP contribution in [0, 0.1) is 5.41 Å². The molecule has 0 heterocycles. The van der Waals surface area contributed by atoms with Gasteiger partial charge in [0.1, 0.15) is 5.75 Å². The number of rotatable bonds is 5. The molecule has 1 aromatic rings. The molecule has 94 valence electrons. The molecular formula is C14H21NO2. The zero-order chi connectivity index (χ0) is 12.5. The zero-order valence-corrected chi connectivity index (χ0v) is 10.7. The summed E-state index contributed by atoms with van der Waals surface area (Å²) in [5, 5.41) is 13.4. The van der Waals surface area contributed by atoms with Crippen LogP contribution in [0.4, 0.5) is 0 Å². The fourth-order valence-corrected chi connectivity index (χ4v) is 2.01. The molecule has 2 atom stereocenters. The summed E-state index contributed by atoms with van der Waals surface area (Å²) in [6.45, 7) is 5.09. The monoisotopic (exact) mass is 235 g/mol. The number of methoxy groups -OCH3 is 1. The SMILES string of the molecule is COc1ccc(C(O)CNC2CC2(C)C)cc1. The fraction of sp³-hybridized carbons (Fsp3) is 0.571. The Balaban J connectivity index is 1.84. The second-order valence-corrected chi connectivity index (χ2v) is 5.44. The summed E-state index contributed by atoms with van der Waals surface area (Å²) in [5.41, 5.74) is 1.33. The first-order valence-corrected chi connectivity index (χ1v) is 6.08. The molecular weight excluding hydrogens is 214 g/mol. The van der Waals surface area contributed by atoms with Gasteiger partial charge in [-0.15, -0.1) is 0 Å². The Morgan fingerprint density at radius 1 is 1.41 bits per heavy atom. The van der Waals surface area contributed by atoms with Gasteiger partial charge in [-0.25, -0.2) is 0 Å². The van der Waals surface area contributed by atoms with E-state index in [1.807, 2.05) is 24.3 Å². The van der Waals surface area contributed by atoms with Crippen molar-refractivity contribution < 1.29 is 9.84 Å². The van der Waals surface area contributed by atoms with E-state index >= 15 is 0 Å². The second-order valence-electron chi connectivity index (χ2n) is 5.44. The van der Waals surface area contributed by atoms with Crippen LogP contribution in [-0.2, 0) is 0 Å². The summed E-state index contributed by atoms with van der Waals surface area (Å²) in [5.74, 6) is 0.817. The predicted octanol–water partition coefficient (Wildman–Crippen LogP) is 2.12. The van der Waals surface area contributed by atoms with Crippen molar-refractivity contribution in [2.24, 2.45) is 5.41 Å². The quantitative estimate of drug-likeness (QED) is 0.821. The first-order chi connectivity index (χ1) is 8.03. The minimum Gasteiger partial charge on any atom is -0.497 e. The Bertz CT molecular complexity index is 372. The van der Waals surface area contributed by atoms with Gasteiger partial charge in [0, 0.05) is 12.6 Å². The van der Waals surface area contributed by atoms with Crippen LogP contribution in [0.3, 0.4) is 0 Å². The summed E-state index contributed by atoms with van der Waals surface area (Å²) in [4.78, 5) is 0. The first-order valence-electron chi connectivity index (χ1n) is 6.08. The lowest BCUT2D eigenvalue weighted by molar-refractivity contribution is 0.172. The van der Waals surface area contributed by atoms with E-state index in [-0.39, 0.29) is 0 Å². The molecule has 1 fully saturated rings. The van der Waals surface area contributed by atoms with E-state index in [0.29, 0.717) is 18.0 Å². The first kappa shape index (κ1) is 12.4. The molecule has 1 aliphatic carbocycles. The highest BCUT2D eigenvalue weighted by molar-refractivity contribution is 5.28. The highest BCUT2D eigenvalue weighted by Gasteiger charge is 2.45. The maximum atomic E-state index is 10.0. The van der Waals surface area contributed by atoms with Crippen molar-refractivity contribution in [2.45, 2.75) is 32.4 Å². The number of aliphatic hydroxyl groups is 1. The normalized spacial score (nSPS) is 23.2. The third-order valence-electron chi connectivity index (χ3n) is 3.57. The molecule has 0 aromatic heterocycles. The number of hydrogen-bond donors (Lipinski definition) is 2. The predicted molar refractivity (Wildman–Crippen MR) is 68.1 cm³/mol. The van der Waals surface area contributed by atoms with Gasteiger partial charge in [-0.2, -0.15) is 0 Å². The van der Waals surface area contributed by atoms with E-state index in [1.54, 1.807) is 7.11 Å². The van der Waals surface area contributed by atoms with E-state index in [1.165, 1.54) is 6.42 Å². The van der Waals surface area contributed by atoms with E-state index < -0.39 is 6.10 Å². The number of benzene rings is 1. The summed E-state index contributed by atoms with van der Waals surface area (Å²) < 4.78 is 5.09. The van der Waals surface area contributed by atoms with Crippen molar-refractivity contribution in [1.29, 1.82) is 0 Å². The number of nitrogens with one attached hydrogen (secondary N) is 1. The fourth-order valence-electron chi connectivity index (χ4n) is 2.01. The topological polar surface area (TPSA) is 41.5 Å². The molecule has 2 rings (SSSR count). The molecule has 0 radical (unpaired) electrons.